The van der Waals surface area contributed by atoms with Gasteiger partial charge < -0.3 is 15.6 Å². The van der Waals surface area contributed by atoms with Gasteiger partial charge in [0.1, 0.15) is 6.04 Å². The highest BCUT2D eigenvalue weighted by Gasteiger charge is 2.16. The first-order valence-electron chi connectivity index (χ1n) is 5.79. The van der Waals surface area contributed by atoms with Crippen molar-refractivity contribution in [2.75, 3.05) is 6.54 Å². The average Bonchev–Trinajstić information content (AvgIpc) is 2.99. The van der Waals surface area contributed by atoms with Crippen LogP contribution in [0.5, 0.6) is 0 Å². The summed E-state index contributed by atoms with van der Waals surface area (Å²) in [7, 11) is 1.79. The molecule has 1 atom stereocenters. The predicted octanol–water partition coefficient (Wildman–Crippen LogP) is 0.0378. The van der Waals surface area contributed by atoms with Crippen molar-refractivity contribution in [2.45, 2.75) is 12.6 Å². The highest BCUT2D eigenvalue weighted by atomic mass is 16.2. The summed E-state index contributed by atoms with van der Waals surface area (Å²) < 4.78 is 3.62. The number of nitrogens with zero attached hydrogens (tertiary/aromatic N) is 3. The Hall–Kier alpha value is -2.08. The summed E-state index contributed by atoms with van der Waals surface area (Å²) in [5, 5.41) is 6.80. The van der Waals surface area contributed by atoms with Crippen LogP contribution < -0.4 is 11.1 Å². The van der Waals surface area contributed by atoms with E-state index in [4.69, 9.17) is 5.73 Å². The van der Waals surface area contributed by atoms with E-state index < -0.39 is 6.04 Å². The molecule has 2 rings (SSSR count). The zero-order chi connectivity index (χ0) is 13.0. The lowest BCUT2D eigenvalue weighted by Crippen LogP contribution is -2.35. The van der Waals surface area contributed by atoms with E-state index in [1.54, 1.807) is 24.1 Å². The van der Waals surface area contributed by atoms with Crippen molar-refractivity contribution in [3.63, 3.8) is 0 Å². The summed E-state index contributed by atoms with van der Waals surface area (Å²) in [6.45, 7) is 1.29. The Bertz CT molecular complexity index is 502. The number of hydrogen-bond donors (Lipinski definition) is 2. The zero-order valence-electron chi connectivity index (χ0n) is 10.3. The van der Waals surface area contributed by atoms with Gasteiger partial charge in [-0.25, -0.2) is 0 Å². The first-order valence-corrected chi connectivity index (χ1v) is 5.79. The number of aryl methyl sites for hydroxylation is 1. The molecule has 18 heavy (non-hydrogen) atoms. The molecule has 6 heteroatoms. The number of aromatic nitrogens is 3. The van der Waals surface area contributed by atoms with Gasteiger partial charge >= 0.3 is 0 Å². The Morgan fingerprint density at radius 2 is 2.22 bits per heavy atom. The van der Waals surface area contributed by atoms with Gasteiger partial charge in [0, 0.05) is 44.3 Å². The van der Waals surface area contributed by atoms with Crippen LogP contribution in [0.4, 0.5) is 0 Å². The molecule has 0 saturated heterocycles. The third kappa shape index (κ3) is 2.98. The third-order valence-electron chi connectivity index (χ3n) is 2.70. The van der Waals surface area contributed by atoms with Gasteiger partial charge in [-0.2, -0.15) is 5.10 Å². The van der Waals surface area contributed by atoms with Crippen LogP contribution in [-0.2, 0) is 18.4 Å². The van der Waals surface area contributed by atoms with Crippen molar-refractivity contribution in [1.29, 1.82) is 0 Å². The maximum Gasteiger partial charge on any atom is 0.241 e. The van der Waals surface area contributed by atoms with Gasteiger partial charge in [0.05, 0.1) is 6.20 Å². The standard InChI is InChI=1S/C12H17N5O/c1-16-9-10(8-15-16)11(13)12(18)14-4-7-17-5-2-3-6-17/h2-3,5-6,8-9,11H,4,7,13H2,1H3,(H,14,18). The first-order chi connectivity index (χ1) is 8.66. The summed E-state index contributed by atoms with van der Waals surface area (Å²) in [6, 6.07) is 3.23. The zero-order valence-corrected chi connectivity index (χ0v) is 10.3. The monoisotopic (exact) mass is 247 g/mol. The van der Waals surface area contributed by atoms with Gasteiger partial charge in [0.15, 0.2) is 0 Å². The molecule has 0 fully saturated rings. The lowest BCUT2D eigenvalue weighted by Gasteiger charge is -2.10. The van der Waals surface area contributed by atoms with Crippen molar-refractivity contribution in [1.82, 2.24) is 19.7 Å². The SMILES string of the molecule is Cn1cc(C(N)C(=O)NCCn2cccc2)cn1. The molecule has 1 amide bonds. The van der Waals surface area contributed by atoms with Gasteiger partial charge in [0.2, 0.25) is 5.91 Å². The molecule has 0 saturated carbocycles. The van der Waals surface area contributed by atoms with Crippen LogP contribution in [0.15, 0.2) is 36.9 Å². The van der Waals surface area contributed by atoms with Gasteiger partial charge in [-0.3, -0.25) is 9.48 Å². The number of nitrogens with two attached hydrogens (primary N) is 1. The van der Waals surface area contributed by atoms with Gasteiger partial charge in [0.25, 0.3) is 0 Å². The maximum atomic E-state index is 11.8. The number of rotatable bonds is 5. The molecule has 0 aliphatic carbocycles. The molecule has 0 aromatic carbocycles. The molecule has 2 aromatic heterocycles. The van der Waals surface area contributed by atoms with E-state index >= 15 is 0 Å². The second kappa shape index (κ2) is 5.50. The molecule has 6 nitrogen and oxygen atoms in total. The molecule has 0 aliphatic rings. The molecule has 0 spiro atoms. The minimum Gasteiger partial charge on any atom is -0.353 e. The predicted molar refractivity (Wildman–Crippen MR) is 67.6 cm³/mol. The highest BCUT2D eigenvalue weighted by Crippen LogP contribution is 2.07. The molecule has 0 bridgehead atoms. The lowest BCUT2D eigenvalue weighted by molar-refractivity contribution is -0.122. The van der Waals surface area contributed by atoms with Crippen molar-refractivity contribution >= 4 is 5.91 Å². The summed E-state index contributed by atoms with van der Waals surface area (Å²) in [5.41, 5.74) is 6.56. The minimum absolute atomic E-state index is 0.185. The Morgan fingerprint density at radius 3 is 2.83 bits per heavy atom. The number of carbonyl (C=O) groups excluding carboxylic acids is 1. The topological polar surface area (TPSA) is 77.9 Å². The van der Waals surface area contributed by atoms with Crippen LogP contribution in [-0.4, -0.2) is 26.8 Å². The van der Waals surface area contributed by atoms with Crippen molar-refractivity contribution < 1.29 is 4.79 Å². The fourth-order valence-electron chi connectivity index (χ4n) is 1.69. The van der Waals surface area contributed by atoms with Crippen LogP contribution in [0.1, 0.15) is 11.6 Å². The second-order valence-electron chi connectivity index (χ2n) is 4.14. The highest BCUT2D eigenvalue weighted by molar-refractivity contribution is 5.82. The second-order valence-corrected chi connectivity index (χ2v) is 4.14. The van der Waals surface area contributed by atoms with E-state index in [1.165, 1.54) is 0 Å². The molecule has 1 unspecified atom stereocenters. The Labute approximate surface area is 105 Å². The quantitative estimate of drug-likeness (QED) is 0.783. The van der Waals surface area contributed by atoms with Crippen LogP contribution in [0.3, 0.4) is 0 Å². The maximum absolute atomic E-state index is 11.8. The minimum atomic E-state index is -0.664. The van der Waals surface area contributed by atoms with Gasteiger partial charge in [-0.15, -0.1) is 0 Å². The first kappa shape index (κ1) is 12.4. The molecule has 2 aromatic rings. The Kier molecular flexibility index (Phi) is 3.78. The van der Waals surface area contributed by atoms with Gasteiger partial charge in [-0.05, 0) is 12.1 Å². The molecule has 2 heterocycles. The fraction of sp³-hybridized carbons (Fsp3) is 0.333. The van der Waals surface area contributed by atoms with Crippen molar-refractivity contribution in [3.8, 4) is 0 Å². The molecule has 3 N–H and O–H groups in total. The summed E-state index contributed by atoms with van der Waals surface area (Å²) >= 11 is 0. The molecule has 0 radical (unpaired) electrons. The number of nitrogens with one attached hydrogen (secondary N) is 1. The van der Waals surface area contributed by atoms with Crippen LogP contribution in [0.2, 0.25) is 0 Å². The van der Waals surface area contributed by atoms with E-state index in [0.717, 1.165) is 12.1 Å². The van der Waals surface area contributed by atoms with E-state index in [-0.39, 0.29) is 5.91 Å². The van der Waals surface area contributed by atoms with Crippen LogP contribution in [0.25, 0.3) is 0 Å². The molecular formula is C12H17N5O. The number of carbonyl (C=O) groups is 1. The summed E-state index contributed by atoms with van der Waals surface area (Å²) in [5.74, 6) is -0.185. The Morgan fingerprint density at radius 1 is 1.50 bits per heavy atom. The number of amides is 1. The molecule has 96 valence electrons. The normalized spacial score (nSPS) is 12.3. The summed E-state index contributed by atoms with van der Waals surface area (Å²) in [4.78, 5) is 11.8. The lowest BCUT2D eigenvalue weighted by atomic mass is 10.1. The van der Waals surface area contributed by atoms with Gasteiger partial charge in [-0.1, -0.05) is 0 Å². The van der Waals surface area contributed by atoms with Crippen LogP contribution in [0, 0.1) is 0 Å². The third-order valence-corrected chi connectivity index (χ3v) is 2.70. The largest absolute Gasteiger partial charge is 0.353 e. The Balaban J connectivity index is 1.81. The molecular weight excluding hydrogens is 230 g/mol. The fourth-order valence-corrected chi connectivity index (χ4v) is 1.69. The van der Waals surface area contributed by atoms with Crippen molar-refractivity contribution in [2.24, 2.45) is 12.8 Å². The van der Waals surface area contributed by atoms with E-state index in [9.17, 15) is 4.79 Å². The smallest absolute Gasteiger partial charge is 0.241 e. The number of hydrogen-bond acceptors (Lipinski definition) is 3. The van der Waals surface area contributed by atoms with E-state index in [0.29, 0.717) is 6.54 Å². The van der Waals surface area contributed by atoms with Crippen molar-refractivity contribution in [3.05, 3.63) is 42.5 Å². The average molecular weight is 247 g/mol. The van der Waals surface area contributed by atoms with E-state index in [1.807, 2.05) is 29.1 Å². The van der Waals surface area contributed by atoms with Crippen LogP contribution >= 0.6 is 0 Å². The molecule has 0 aliphatic heterocycles. The van der Waals surface area contributed by atoms with E-state index in [2.05, 4.69) is 10.4 Å². The summed E-state index contributed by atoms with van der Waals surface area (Å²) in [6.07, 6.45) is 7.26.